The van der Waals surface area contributed by atoms with Crippen LogP contribution in [-0.2, 0) is 13.1 Å². The molecule has 0 fully saturated rings. The molecule has 0 aliphatic carbocycles. The number of anilines is 1. The average molecular weight is 323 g/mol. The van der Waals surface area contributed by atoms with Crippen LogP contribution < -0.4 is 5.73 Å². The van der Waals surface area contributed by atoms with Gasteiger partial charge >= 0.3 is 0 Å². The summed E-state index contributed by atoms with van der Waals surface area (Å²) < 4.78 is 0. The molecule has 0 amide bonds. The van der Waals surface area contributed by atoms with Gasteiger partial charge in [-0.2, -0.15) is 0 Å². The van der Waals surface area contributed by atoms with Crippen LogP contribution in [0.2, 0.25) is 10.0 Å². The number of nitrogen functional groups attached to an aromatic ring is 1. The Hall–Kier alpha value is -1.22. The van der Waals surface area contributed by atoms with Gasteiger partial charge in [-0.25, -0.2) is 0 Å². The third-order valence-corrected chi connectivity index (χ3v) is 4.27. The van der Waals surface area contributed by atoms with Crippen LogP contribution in [-0.4, -0.2) is 11.4 Å². The maximum atomic E-state index is 6.29. The Morgan fingerprint density at radius 3 is 2.33 bits per heavy atom. The van der Waals surface area contributed by atoms with E-state index in [1.54, 1.807) is 0 Å². The van der Waals surface area contributed by atoms with Crippen molar-refractivity contribution in [1.82, 2.24) is 4.90 Å². The van der Waals surface area contributed by atoms with E-state index in [2.05, 4.69) is 17.9 Å². The quantitative estimate of drug-likeness (QED) is 0.759. The Balaban J connectivity index is 2.16. The van der Waals surface area contributed by atoms with E-state index in [1.165, 1.54) is 0 Å². The highest BCUT2D eigenvalue weighted by atomic mass is 35.5. The van der Waals surface area contributed by atoms with Gasteiger partial charge in [-0.1, -0.05) is 60.5 Å². The van der Waals surface area contributed by atoms with Crippen molar-refractivity contribution >= 4 is 28.9 Å². The van der Waals surface area contributed by atoms with Crippen LogP contribution in [0.15, 0.2) is 42.5 Å². The van der Waals surface area contributed by atoms with E-state index in [4.69, 9.17) is 28.9 Å². The molecule has 0 heterocycles. The maximum absolute atomic E-state index is 6.29. The van der Waals surface area contributed by atoms with E-state index in [9.17, 15) is 0 Å². The van der Waals surface area contributed by atoms with Gasteiger partial charge in [-0.3, -0.25) is 4.90 Å². The zero-order valence-electron chi connectivity index (χ0n) is 12.2. The summed E-state index contributed by atoms with van der Waals surface area (Å²) in [6.07, 6.45) is 1.07. The van der Waals surface area contributed by atoms with Gasteiger partial charge in [0.25, 0.3) is 0 Å². The molecule has 0 atom stereocenters. The molecule has 2 N–H and O–H groups in total. The van der Waals surface area contributed by atoms with Crippen molar-refractivity contribution in [3.8, 4) is 0 Å². The molecule has 0 aliphatic rings. The summed E-state index contributed by atoms with van der Waals surface area (Å²) in [5, 5.41) is 1.24. The highest BCUT2D eigenvalue weighted by Gasteiger charge is 2.11. The number of benzene rings is 2. The highest BCUT2D eigenvalue weighted by molar-refractivity contribution is 6.42. The lowest BCUT2D eigenvalue weighted by Gasteiger charge is -2.23. The fourth-order valence-electron chi connectivity index (χ4n) is 2.36. The largest absolute Gasteiger partial charge is 0.398 e. The molecule has 0 radical (unpaired) electrons. The van der Waals surface area contributed by atoms with E-state index >= 15 is 0 Å². The number of halogens is 2. The van der Waals surface area contributed by atoms with Crippen LogP contribution in [0.4, 0.5) is 5.69 Å². The molecule has 21 heavy (non-hydrogen) atoms. The third-order valence-electron chi connectivity index (χ3n) is 3.41. The van der Waals surface area contributed by atoms with Gasteiger partial charge in [0.05, 0.1) is 10.0 Å². The molecule has 0 saturated heterocycles. The minimum absolute atomic E-state index is 0.602. The molecule has 0 spiro atoms. The summed E-state index contributed by atoms with van der Waals surface area (Å²) in [7, 11) is 0. The molecule has 112 valence electrons. The van der Waals surface area contributed by atoms with E-state index in [1.807, 2.05) is 36.4 Å². The molecule has 4 heteroatoms. The molecule has 0 unspecified atom stereocenters. The predicted molar refractivity (Wildman–Crippen MR) is 91.7 cm³/mol. The number of para-hydroxylation sites is 1. The summed E-state index contributed by atoms with van der Waals surface area (Å²) in [5.74, 6) is 0. The summed E-state index contributed by atoms with van der Waals surface area (Å²) in [5.41, 5.74) is 9.06. The lowest BCUT2D eigenvalue weighted by Crippen LogP contribution is -2.24. The molecule has 0 aliphatic heterocycles. The topological polar surface area (TPSA) is 29.3 Å². The van der Waals surface area contributed by atoms with Gasteiger partial charge < -0.3 is 5.73 Å². The van der Waals surface area contributed by atoms with Gasteiger partial charge in [0.15, 0.2) is 0 Å². The standard InChI is InChI=1S/C17H20Cl2N2/c1-2-10-21(11-13-6-3-4-9-16(13)20)12-14-7-5-8-15(18)17(14)19/h3-9H,2,10-12,20H2,1H3. The van der Waals surface area contributed by atoms with Crippen molar-refractivity contribution in [3.63, 3.8) is 0 Å². The van der Waals surface area contributed by atoms with Gasteiger partial charge in [-0.05, 0) is 36.2 Å². The van der Waals surface area contributed by atoms with Crippen molar-refractivity contribution in [2.75, 3.05) is 12.3 Å². The second kappa shape index (κ2) is 7.69. The van der Waals surface area contributed by atoms with E-state index in [-0.39, 0.29) is 0 Å². The molecular formula is C17H20Cl2N2. The van der Waals surface area contributed by atoms with Gasteiger partial charge in [-0.15, -0.1) is 0 Å². The number of nitrogens with zero attached hydrogens (tertiary/aromatic N) is 1. The van der Waals surface area contributed by atoms with Crippen LogP contribution in [0.1, 0.15) is 24.5 Å². The number of rotatable bonds is 6. The number of nitrogens with two attached hydrogens (primary N) is 1. The normalized spacial score (nSPS) is 11.0. The Morgan fingerprint density at radius 2 is 1.62 bits per heavy atom. The van der Waals surface area contributed by atoms with Gasteiger partial charge in [0, 0.05) is 18.8 Å². The average Bonchev–Trinajstić information content (AvgIpc) is 2.46. The molecule has 0 saturated carbocycles. The molecule has 2 aromatic rings. The van der Waals surface area contributed by atoms with Crippen molar-refractivity contribution in [1.29, 1.82) is 0 Å². The summed E-state index contributed by atoms with van der Waals surface area (Å²) in [4.78, 5) is 2.34. The molecule has 2 aromatic carbocycles. The number of hydrogen-bond acceptors (Lipinski definition) is 2. The van der Waals surface area contributed by atoms with Crippen molar-refractivity contribution < 1.29 is 0 Å². The number of hydrogen-bond donors (Lipinski definition) is 1. The second-order valence-corrected chi connectivity index (χ2v) is 5.91. The molecule has 2 nitrogen and oxygen atoms in total. The lowest BCUT2D eigenvalue weighted by molar-refractivity contribution is 0.258. The Morgan fingerprint density at radius 1 is 0.952 bits per heavy atom. The van der Waals surface area contributed by atoms with Crippen LogP contribution in [0.3, 0.4) is 0 Å². The first kappa shape index (κ1) is 16.2. The maximum Gasteiger partial charge on any atom is 0.0637 e. The zero-order chi connectivity index (χ0) is 15.2. The Kier molecular flexibility index (Phi) is 5.92. The fraction of sp³-hybridized carbons (Fsp3) is 0.294. The van der Waals surface area contributed by atoms with Crippen LogP contribution in [0.5, 0.6) is 0 Å². The fourth-order valence-corrected chi connectivity index (χ4v) is 2.74. The third kappa shape index (κ3) is 4.37. The van der Waals surface area contributed by atoms with Crippen molar-refractivity contribution in [2.45, 2.75) is 26.4 Å². The minimum Gasteiger partial charge on any atom is -0.398 e. The molecule has 0 aromatic heterocycles. The zero-order valence-corrected chi connectivity index (χ0v) is 13.7. The SMILES string of the molecule is CCCN(Cc1ccccc1N)Cc1cccc(Cl)c1Cl. The monoisotopic (exact) mass is 322 g/mol. The van der Waals surface area contributed by atoms with Gasteiger partial charge in [0.1, 0.15) is 0 Å². The van der Waals surface area contributed by atoms with Crippen LogP contribution in [0, 0.1) is 0 Å². The summed E-state index contributed by atoms with van der Waals surface area (Å²) in [6.45, 7) is 4.73. The Bertz CT molecular complexity index is 599. The van der Waals surface area contributed by atoms with Crippen molar-refractivity contribution in [2.24, 2.45) is 0 Å². The molecule has 2 rings (SSSR count). The Labute approximate surface area is 136 Å². The first-order chi connectivity index (χ1) is 10.1. The molecule has 0 bridgehead atoms. The first-order valence-corrected chi connectivity index (χ1v) is 7.86. The van der Waals surface area contributed by atoms with E-state index < -0.39 is 0 Å². The second-order valence-electron chi connectivity index (χ2n) is 5.12. The first-order valence-electron chi connectivity index (χ1n) is 7.10. The molecular weight excluding hydrogens is 303 g/mol. The summed E-state index contributed by atoms with van der Waals surface area (Å²) in [6, 6.07) is 13.7. The van der Waals surface area contributed by atoms with Crippen LogP contribution in [0.25, 0.3) is 0 Å². The van der Waals surface area contributed by atoms with E-state index in [0.29, 0.717) is 10.0 Å². The lowest BCUT2D eigenvalue weighted by atomic mass is 10.1. The van der Waals surface area contributed by atoms with E-state index in [0.717, 1.165) is 42.9 Å². The summed E-state index contributed by atoms with van der Waals surface area (Å²) >= 11 is 12.4. The highest BCUT2D eigenvalue weighted by Crippen LogP contribution is 2.27. The predicted octanol–water partition coefficient (Wildman–Crippen LogP) is 4.99. The van der Waals surface area contributed by atoms with Crippen LogP contribution >= 0.6 is 23.2 Å². The van der Waals surface area contributed by atoms with Crippen molar-refractivity contribution in [3.05, 3.63) is 63.6 Å². The smallest absolute Gasteiger partial charge is 0.0637 e. The van der Waals surface area contributed by atoms with Gasteiger partial charge in [0.2, 0.25) is 0 Å². The minimum atomic E-state index is 0.602.